The van der Waals surface area contributed by atoms with Crippen LogP contribution in [0.4, 0.5) is 5.69 Å². The molecule has 0 saturated heterocycles. The Hall–Kier alpha value is -2.82. The van der Waals surface area contributed by atoms with Gasteiger partial charge < -0.3 is 12.6 Å². The summed E-state index contributed by atoms with van der Waals surface area (Å²) in [5.74, 6) is 0. The van der Waals surface area contributed by atoms with Gasteiger partial charge in [0.1, 0.15) is 0 Å². The van der Waals surface area contributed by atoms with Crippen molar-refractivity contribution in [2.45, 2.75) is 20.8 Å². The van der Waals surface area contributed by atoms with Gasteiger partial charge >= 0.3 is 41.8 Å². The molecule has 42 heavy (non-hydrogen) atoms. The summed E-state index contributed by atoms with van der Waals surface area (Å²) in [6, 6.07) is 42.4. The molecule has 0 N–H and O–H groups in total. The molecule has 0 aliphatic heterocycles. The van der Waals surface area contributed by atoms with Gasteiger partial charge in [-0.15, -0.1) is 0 Å². The molecular formula is C36H30Cl3NSV-. The van der Waals surface area contributed by atoms with Crippen LogP contribution >= 0.6 is 29.5 Å². The quantitative estimate of drug-likeness (QED) is 0.130. The second kappa shape index (κ2) is 15.6. The molecule has 0 unspecified atom stereocenters. The van der Waals surface area contributed by atoms with Crippen LogP contribution in [0.15, 0.2) is 132 Å². The van der Waals surface area contributed by atoms with Crippen molar-refractivity contribution in [2.24, 2.45) is 4.99 Å². The Morgan fingerprint density at radius 1 is 0.619 bits per heavy atom. The summed E-state index contributed by atoms with van der Waals surface area (Å²) in [5.41, 5.74) is 12.1. The number of aliphatic imine (C=N–C) groups is 1. The minimum atomic E-state index is -1.77. The van der Waals surface area contributed by atoms with Crippen LogP contribution < -0.4 is 0 Å². The Balaban J connectivity index is 0.000000952. The summed E-state index contributed by atoms with van der Waals surface area (Å²) in [6.07, 6.45) is 2.04. The topological polar surface area (TPSA) is 12.4 Å². The molecule has 5 rings (SSSR count). The number of aryl methyl sites for hydroxylation is 2. The summed E-state index contributed by atoms with van der Waals surface area (Å²) in [7, 11) is 14.9. The van der Waals surface area contributed by atoms with Crippen molar-refractivity contribution in [3.05, 3.63) is 144 Å². The van der Waals surface area contributed by atoms with Gasteiger partial charge in [-0.2, -0.15) is 4.91 Å². The first-order valence-corrected chi connectivity index (χ1v) is 19.5. The fourth-order valence-corrected chi connectivity index (χ4v) is 5.24. The maximum absolute atomic E-state index is 6.18. The van der Waals surface area contributed by atoms with Crippen LogP contribution in [0, 0.1) is 13.8 Å². The predicted molar refractivity (Wildman–Crippen MR) is 184 cm³/mol. The summed E-state index contributed by atoms with van der Waals surface area (Å²) in [5, 5.41) is 0. The number of para-hydroxylation sites is 1. The molecule has 0 aromatic heterocycles. The van der Waals surface area contributed by atoms with Crippen LogP contribution in [0.3, 0.4) is 0 Å². The first-order chi connectivity index (χ1) is 20.2. The average Bonchev–Trinajstić information content (AvgIpc) is 2.99. The minimum absolute atomic E-state index is 0.773. The summed E-state index contributed by atoms with van der Waals surface area (Å²) < 4.78 is 0. The monoisotopic (exact) mass is 664 g/mol. The molecule has 0 fully saturated rings. The molecular weight excluding hydrogens is 636 g/mol. The van der Waals surface area contributed by atoms with Crippen molar-refractivity contribution >= 4 is 58.5 Å². The third kappa shape index (κ3) is 8.61. The molecule has 1 nitrogen and oxygen atoms in total. The fourth-order valence-electron chi connectivity index (χ4n) is 4.85. The van der Waals surface area contributed by atoms with E-state index in [1.54, 1.807) is 0 Å². The van der Waals surface area contributed by atoms with Gasteiger partial charge in [0, 0.05) is 5.71 Å². The van der Waals surface area contributed by atoms with Gasteiger partial charge in [0.05, 0.1) is 5.69 Å². The second-order valence-electron chi connectivity index (χ2n) is 9.74. The molecule has 212 valence electrons. The van der Waals surface area contributed by atoms with Crippen LogP contribution in [-0.2, 0) is 24.9 Å². The number of halogens is 3. The Kier molecular flexibility index (Phi) is 11.9. The van der Waals surface area contributed by atoms with E-state index in [4.69, 9.17) is 47.2 Å². The Bertz CT molecular complexity index is 1600. The van der Waals surface area contributed by atoms with Gasteiger partial charge in [0.25, 0.3) is 0 Å². The number of hydrogen-bond acceptors (Lipinski definition) is 2. The molecule has 0 radical (unpaired) electrons. The van der Waals surface area contributed by atoms with Crippen LogP contribution in [-0.4, -0.2) is 5.71 Å². The van der Waals surface area contributed by atoms with E-state index in [-0.39, 0.29) is 0 Å². The second-order valence-corrected chi connectivity index (χ2v) is 17.1. The summed E-state index contributed by atoms with van der Waals surface area (Å²) in [6.45, 7) is 6.22. The SMILES string of the molecule is CC(/C=C(\[S-])c1c(-c2ccccc2)cc(-c2ccccc2)cc1-c1ccccc1)=Nc1c(C)cccc1C.[Cl][V]([Cl])[Cl]. The van der Waals surface area contributed by atoms with Gasteiger partial charge in [-0.1, -0.05) is 115 Å². The zero-order chi connectivity index (χ0) is 30.1. The van der Waals surface area contributed by atoms with Gasteiger partial charge in [0.15, 0.2) is 0 Å². The number of allylic oxidation sites excluding steroid dienone is 1. The first kappa shape index (κ1) is 32.1. The number of nitrogens with zero attached hydrogens (tertiary/aromatic N) is 1. The molecule has 6 heteroatoms. The van der Waals surface area contributed by atoms with Crippen LogP contribution in [0.2, 0.25) is 0 Å². The summed E-state index contributed by atoms with van der Waals surface area (Å²) in [4.78, 5) is 5.74. The van der Waals surface area contributed by atoms with Gasteiger partial charge in [-0.3, -0.25) is 4.99 Å². The zero-order valence-electron chi connectivity index (χ0n) is 23.6. The van der Waals surface area contributed by atoms with Crippen LogP contribution in [0.25, 0.3) is 38.3 Å². The number of rotatable bonds is 6. The Morgan fingerprint density at radius 3 is 1.45 bits per heavy atom. The van der Waals surface area contributed by atoms with E-state index >= 15 is 0 Å². The molecule has 0 saturated carbocycles. The standard InChI is InChI=1S/C36H31NS.3ClH.V/c1-25-14-13-15-26(2)36(25)37-27(3)22-34(38)35-32(29-18-9-5-10-19-29)23-31(28-16-7-4-8-17-28)24-33(35)30-20-11-6-12-21-30;;;;/h4-24,38H,1-3H3;3*1H;/q;;;;+3/p-4/b34-22-,37-27?;;;;. The molecule has 5 aromatic carbocycles. The molecule has 0 aliphatic rings. The molecule has 0 aliphatic carbocycles. The number of hydrogen-bond donors (Lipinski definition) is 0. The molecule has 0 heterocycles. The van der Waals surface area contributed by atoms with Crippen LogP contribution in [0.1, 0.15) is 23.6 Å². The van der Waals surface area contributed by atoms with Crippen molar-refractivity contribution in [1.82, 2.24) is 0 Å². The first-order valence-electron chi connectivity index (χ1n) is 13.4. The molecule has 0 spiro atoms. The fraction of sp³-hybridized carbons (Fsp3) is 0.0833. The third-order valence-corrected chi connectivity index (χ3v) is 7.05. The molecule has 5 aromatic rings. The van der Waals surface area contributed by atoms with E-state index in [0.717, 1.165) is 60.8 Å². The van der Waals surface area contributed by atoms with E-state index in [0.29, 0.717) is 0 Å². The summed E-state index contributed by atoms with van der Waals surface area (Å²) >= 11 is 4.41. The van der Waals surface area contributed by atoms with E-state index in [1.165, 1.54) is 5.56 Å². The van der Waals surface area contributed by atoms with E-state index < -0.39 is 12.3 Å². The third-order valence-electron chi connectivity index (χ3n) is 6.73. The van der Waals surface area contributed by atoms with Crippen molar-refractivity contribution in [3.8, 4) is 33.4 Å². The average molecular weight is 666 g/mol. The van der Waals surface area contributed by atoms with Crippen molar-refractivity contribution in [3.63, 3.8) is 0 Å². The van der Waals surface area contributed by atoms with Crippen molar-refractivity contribution < 1.29 is 12.3 Å². The van der Waals surface area contributed by atoms with E-state index in [9.17, 15) is 0 Å². The molecule has 0 bridgehead atoms. The Morgan fingerprint density at radius 2 is 1.02 bits per heavy atom. The number of benzene rings is 5. The normalized spacial score (nSPS) is 11.7. The van der Waals surface area contributed by atoms with Crippen LogP contribution in [0.5, 0.6) is 0 Å². The van der Waals surface area contributed by atoms with Crippen molar-refractivity contribution in [2.75, 3.05) is 0 Å². The van der Waals surface area contributed by atoms with Gasteiger partial charge in [-0.25, -0.2) is 0 Å². The Labute approximate surface area is 272 Å². The van der Waals surface area contributed by atoms with Gasteiger partial charge in [0.2, 0.25) is 0 Å². The van der Waals surface area contributed by atoms with Crippen molar-refractivity contribution in [1.29, 1.82) is 0 Å². The zero-order valence-corrected chi connectivity index (χ0v) is 28.0. The molecule has 0 atom stereocenters. The molecule has 0 amide bonds. The maximum atomic E-state index is 6.18. The van der Waals surface area contributed by atoms with E-state index in [2.05, 4.69) is 123 Å². The van der Waals surface area contributed by atoms with Gasteiger partial charge in [-0.05, 0) is 83.0 Å². The van der Waals surface area contributed by atoms with E-state index in [1.807, 2.05) is 25.1 Å². The predicted octanol–water partition coefficient (Wildman–Crippen LogP) is 12.1.